The lowest BCUT2D eigenvalue weighted by Crippen LogP contribution is -2.20. The van der Waals surface area contributed by atoms with E-state index in [0.29, 0.717) is 0 Å². The molecule has 2 aromatic rings. The average Bonchev–Trinajstić information content (AvgIpc) is 2.71. The molecule has 2 nitrogen and oxygen atoms in total. The second-order valence-corrected chi connectivity index (χ2v) is 3.54. The van der Waals surface area contributed by atoms with Crippen LogP contribution < -0.4 is 4.90 Å². The number of anilines is 1. The number of hydrogen-bond donors (Lipinski definition) is 0. The van der Waals surface area contributed by atoms with E-state index in [0.717, 1.165) is 22.0 Å². The summed E-state index contributed by atoms with van der Waals surface area (Å²) in [6.45, 7) is 8.00. The Morgan fingerprint density at radius 3 is 2.06 bits per heavy atom. The van der Waals surface area contributed by atoms with Crippen LogP contribution in [0.1, 0.15) is 38.1 Å². The Morgan fingerprint density at radius 1 is 0.889 bits per heavy atom. The van der Waals surface area contributed by atoms with Crippen molar-refractivity contribution < 1.29 is 4.79 Å². The van der Waals surface area contributed by atoms with E-state index in [9.17, 15) is 4.79 Å². The Bertz CT molecular complexity index is 541. The first-order valence-corrected chi connectivity index (χ1v) is 6.59. The number of carbonyl (C=O) groups excluding carboxylic acids is 1. The summed E-state index contributed by atoms with van der Waals surface area (Å²) in [6, 6.07) is 11.9. The minimum absolute atomic E-state index is 0.0943. The summed E-state index contributed by atoms with van der Waals surface area (Å²) >= 11 is 0. The molecule has 0 atom stereocenters. The summed E-state index contributed by atoms with van der Waals surface area (Å²) in [5, 5.41) is 2.22. The molecule has 1 aliphatic heterocycles. The third-order valence-electron chi connectivity index (χ3n) is 2.78. The SMILES string of the molecule is CC.CC.CN1C(=O)c2cccc3cccc1c23. The first-order chi connectivity index (χ1) is 8.79. The molecule has 1 heterocycles. The van der Waals surface area contributed by atoms with E-state index in [1.165, 1.54) is 0 Å². The van der Waals surface area contributed by atoms with Crippen LogP contribution in [0, 0.1) is 0 Å². The molecule has 0 aromatic heterocycles. The van der Waals surface area contributed by atoms with E-state index in [2.05, 4.69) is 0 Å². The van der Waals surface area contributed by atoms with Gasteiger partial charge < -0.3 is 4.90 Å². The first-order valence-electron chi connectivity index (χ1n) is 6.59. The number of benzene rings is 2. The fourth-order valence-corrected chi connectivity index (χ4v) is 2.07. The molecule has 2 aromatic carbocycles. The van der Waals surface area contributed by atoms with Crippen molar-refractivity contribution in [2.45, 2.75) is 27.7 Å². The van der Waals surface area contributed by atoms with Crippen LogP contribution in [0.15, 0.2) is 36.4 Å². The highest BCUT2D eigenvalue weighted by molar-refractivity contribution is 6.24. The number of rotatable bonds is 0. The summed E-state index contributed by atoms with van der Waals surface area (Å²) in [6.07, 6.45) is 0. The molecule has 0 unspecified atom stereocenters. The van der Waals surface area contributed by atoms with Gasteiger partial charge in [0.15, 0.2) is 0 Å². The maximum atomic E-state index is 11.8. The third-order valence-corrected chi connectivity index (χ3v) is 2.78. The van der Waals surface area contributed by atoms with Gasteiger partial charge in [0.1, 0.15) is 0 Å². The van der Waals surface area contributed by atoms with Crippen LogP contribution >= 0.6 is 0 Å². The van der Waals surface area contributed by atoms with Crippen molar-refractivity contribution in [3.8, 4) is 0 Å². The van der Waals surface area contributed by atoms with Crippen LogP contribution in [0.3, 0.4) is 0 Å². The summed E-state index contributed by atoms with van der Waals surface area (Å²) in [7, 11) is 1.82. The lowest BCUT2D eigenvalue weighted by atomic mass is 10.1. The van der Waals surface area contributed by atoms with Gasteiger partial charge in [0.05, 0.1) is 5.69 Å². The van der Waals surface area contributed by atoms with Crippen LogP contribution in [-0.4, -0.2) is 13.0 Å². The van der Waals surface area contributed by atoms with E-state index >= 15 is 0 Å². The fourth-order valence-electron chi connectivity index (χ4n) is 2.07. The van der Waals surface area contributed by atoms with E-state index in [4.69, 9.17) is 0 Å². The molecule has 0 saturated carbocycles. The van der Waals surface area contributed by atoms with E-state index in [1.807, 2.05) is 71.1 Å². The first kappa shape index (κ1) is 14.2. The number of carbonyl (C=O) groups is 1. The van der Waals surface area contributed by atoms with Crippen LogP contribution in [0.2, 0.25) is 0 Å². The van der Waals surface area contributed by atoms with E-state index in [1.54, 1.807) is 4.90 Å². The molecule has 0 spiro atoms. The van der Waals surface area contributed by atoms with E-state index in [-0.39, 0.29) is 5.91 Å². The Balaban J connectivity index is 0.000000371. The van der Waals surface area contributed by atoms with Crippen molar-refractivity contribution in [3.63, 3.8) is 0 Å². The lowest BCUT2D eigenvalue weighted by molar-refractivity contribution is 0.0999. The topological polar surface area (TPSA) is 20.3 Å². The highest BCUT2D eigenvalue weighted by atomic mass is 16.2. The average molecular weight is 243 g/mol. The predicted octanol–water partition coefficient (Wildman–Crippen LogP) is 4.48. The van der Waals surface area contributed by atoms with Gasteiger partial charge in [0.2, 0.25) is 0 Å². The molecule has 3 rings (SSSR count). The van der Waals surface area contributed by atoms with Crippen LogP contribution in [-0.2, 0) is 0 Å². The molecule has 0 fully saturated rings. The summed E-state index contributed by atoms with van der Waals surface area (Å²) < 4.78 is 0. The molecule has 18 heavy (non-hydrogen) atoms. The molecular formula is C16H21NO. The molecule has 96 valence electrons. The molecular weight excluding hydrogens is 222 g/mol. The van der Waals surface area contributed by atoms with E-state index < -0.39 is 0 Å². The maximum Gasteiger partial charge on any atom is 0.258 e. The largest absolute Gasteiger partial charge is 0.311 e. The minimum atomic E-state index is 0.0943. The molecule has 2 heteroatoms. The van der Waals surface area contributed by atoms with Crippen molar-refractivity contribution in [3.05, 3.63) is 42.0 Å². The zero-order valence-electron chi connectivity index (χ0n) is 11.8. The number of nitrogens with zero attached hydrogens (tertiary/aromatic N) is 1. The normalized spacial score (nSPS) is 11.6. The van der Waals surface area contributed by atoms with Crippen molar-refractivity contribution in [2.24, 2.45) is 0 Å². The standard InChI is InChI=1S/C12H9NO.2C2H6/c1-13-10-7-3-5-8-4-2-6-9(11(8)10)12(13)14;2*1-2/h2-7H,1H3;2*1-2H3. The van der Waals surface area contributed by atoms with Gasteiger partial charge in [-0.25, -0.2) is 0 Å². The Morgan fingerprint density at radius 2 is 1.44 bits per heavy atom. The van der Waals surface area contributed by atoms with Crippen LogP contribution in [0.4, 0.5) is 5.69 Å². The monoisotopic (exact) mass is 243 g/mol. The molecule has 0 aliphatic carbocycles. The molecule has 1 aliphatic rings. The Labute approximate surface area is 109 Å². The molecule has 0 bridgehead atoms. The van der Waals surface area contributed by atoms with Crippen molar-refractivity contribution in [1.82, 2.24) is 0 Å². The smallest absolute Gasteiger partial charge is 0.258 e. The Hall–Kier alpha value is -1.83. The van der Waals surface area contributed by atoms with Crippen molar-refractivity contribution in [2.75, 3.05) is 11.9 Å². The molecule has 0 N–H and O–H groups in total. The molecule has 0 saturated heterocycles. The van der Waals surface area contributed by atoms with Gasteiger partial charge in [-0.15, -0.1) is 0 Å². The van der Waals surface area contributed by atoms with Crippen LogP contribution in [0.25, 0.3) is 10.8 Å². The molecule has 1 amide bonds. The third kappa shape index (κ3) is 2.10. The Kier molecular flexibility index (Phi) is 4.90. The number of hydrogen-bond acceptors (Lipinski definition) is 1. The highest BCUT2D eigenvalue weighted by Crippen LogP contribution is 2.35. The van der Waals surface area contributed by atoms with Gasteiger partial charge in [-0.3, -0.25) is 4.79 Å². The minimum Gasteiger partial charge on any atom is -0.311 e. The summed E-state index contributed by atoms with van der Waals surface area (Å²) in [4.78, 5) is 13.5. The van der Waals surface area contributed by atoms with Crippen molar-refractivity contribution >= 4 is 22.4 Å². The second kappa shape index (κ2) is 6.20. The molecule has 0 radical (unpaired) electrons. The predicted molar refractivity (Wildman–Crippen MR) is 79.4 cm³/mol. The maximum absolute atomic E-state index is 11.8. The van der Waals surface area contributed by atoms with Gasteiger partial charge in [-0.05, 0) is 17.5 Å². The quantitative estimate of drug-likeness (QED) is 0.668. The highest BCUT2D eigenvalue weighted by Gasteiger charge is 2.25. The zero-order valence-corrected chi connectivity index (χ0v) is 11.8. The zero-order chi connectivity index (χ0) is 13.7. The van der Waals surface area contributed by atoms with Gasteiger partial charge in [-0.2, -0.15) is 0 Å². The number of amides is 1. The fraction of sp³-hybridized carbons (Fsp3) is 0.312. The van der Waals surface area contributed by atoms with Crippen LogP contribution in [0.5, 0.6) is 0 Å². The summed E-state index contributed by atoms with van der Waals surface area (Å²) in [5.41, 5.74) is 1.84. The summed E-state index contributed by atoms with van der Waals surface area (Å²) in [5.74, 6) is 0.0943. The van der Waals surface area contributed by atoms with Gasteiger partial charge in [0, 0.05) is 18.0 Å². The second-order valence-electron chi connectivity index (χ2n) is 3.54. The van der Waals surface area contributed by atoms with Gasteiger partial charge >= 0.3 is 0 Å². The lowest BCUT2D eigenvalue weighted by Gasteiger charge is -2.08. The van der Waals surface area contributed by atoms with Gasteiger partial charge in [0.25, 0.3) is 5.91 Å². The van der Waals surface area contributed by atoms with Crippen molar-refractivity contribution in [1.29, 1.82) is 0 Å². The van der Waals surface area contributed by atoms with Gasteiger partial charge in [-0.1, -0.05) is 52.0 Å².